The van der Waals surface area contributed by atoms with Crippen molar-refractivity contribution >= 4 is 10.9 Å². The van der Waals surface area contributed by atoms with Crippen LogP contribution in [0.3, 0.4) is 0 Å². The van der Waals surface area contributed by atoms with Crippen LogP contribution in [-0.2, 0) is 7.05 Å². The molecular weight excluding hydrogens is 293 g/mol. The summed E-state index contributed by atoms with van der Waals surface area (Å²) in [4.78, 5) is 7.73. The van der Waals surface area contributed by atoms with Crippen molar-refractivity contribution in [3.63, 3.8) is 0 Å². The molecule has 23 heavy (non-hydrogen) atoms. The molecular formula is C18H14FN3O. The molecule has 2 aromatic heterocycles. The molecule has 0 saturated carbocycles. The molecule has 0 unspecified atom stereocenters. The molecule has 0 saturated heterocycles. The van der Waals surface area contributed by atoms with Crippen LogP contribution in [-0.4, -0.2) is 19.6 Å². The summed E-state index contributed by atoms with van der Waals surface area (Å²) >= 11 is 0. The lowest BCUT2D eigenvalue weighted by Gasteiger charge is -2.06. The predicted octanol–water partition coefficient (Wildman–Crippen LogP) is 4.08. The number of halogens is 1. The quantitative estimate of drug-likeness (QED) is 0.586. The lowest BCUT2D eigenvalue weighted by Crippen LogP contribution is -1.93. The van der Waals surface area contributed by atoms with E-state index in [0.29, 0.717) is 0 Å². The maximum Gasteiger partial charge on any atom is 0.156 e. The zero-order valence-electron chi connectivity index (χ0n) is 12.4. The van der Waals surface area contributed by atoms with E-state index in [2.05, 4.69) is 9.97 Å². The highest BCUT2D eigenvalue weighted by molar-refractivity contribution is 6.03. The third-order valence-corrected chi connectivity index (χ3v) is 3.96. The minimum absolute atomic E-state index is 0.193. The number of aromatic nitrogens is 3. The van der Waals surface area contributed by atoms with Crippen molar-refractivity contribution in [2.24, 2.45) is 7.05 Å². The number of H-pyrrole nitrogens is 1. The zero-order valence-corrected chi connectivity index (χ0v) is 12.4. The lowest BCUT2D eigenvalue weighted by atomic mass is 10.0. The molecule has 2 aromatic carbocycles. The number of hydrogen-bond donors (Lipinski definition) is 2. The zero-order chi connectivity index (χ0) is 16.0. The molecule has 0 aliphatic rings. The van der Waals surface area contributed by atoms with Crippen molar-refractivity contribution in [2.45, 2.75) is 0 Å². The molecule has 0 aliphatic heterocycles. The van der Waals surface area contributed by atoms with Gasteiger partial charge in [0.25, 0.3) is 0 Å². The van der Waals surface area contributed by atoms with E-state index in [1.165, 1.54) is 12.1 Å². The van der Waals surface area contributed by atoms with Crippen LogP contribution in [0.15, 0.2) is 54.9 Å². The highest BCUT2D eigenvalue weighted by Crippen LogP contribution is 2.38. The number of aryl methyl sites for hydroxylation is 1. The molecule has 0 amide bonds. The van der Waals surface area contributed by atoms with Crippen molar-refractivity contribution < 1.29 is 9.50 Å². The van der Waals surface area contributed by atoms with Gasteiger partial charge in [0.1, 0.15) is 11.6 Å². The van der Waals surface area contributed by atoms with Crippen LogP contribution in [0.4, 0.5) is 4.39 Å². The van der Waals surface area contributed by atoms with Gasteiger partial charge in [-0.05, 0) is 35.9 Å². The first-order valence-electron chi connectivity index (χ1n) is 7.22. The van der Waals surface area contributed by atoms with Crippen LogP contribution in [0.5, 0.6) is 5.75 Å². The average Bonchev–Trinajstić information content (AvgIpc) is 3.11. The highest BCUT2D eigenvalue weighted by Gasteiger charge is 2.18. The number of aromatic amines is 1. The summed E-state index contributed by atoms with van der Waals surface area (Å²) in [5.74, 6) is 0.672. The lowest BCUT2D eigenvalue weighted by molar-refractivity contribution is 0.475. The fraction of sp³-hybridized carbons (Fsp3) is 0.0556. The van der Waals surface area contributed by atoms with Crippen molar-refractivity contribution in [3.05, 3.63) is 60.7 Å². The first kappa shape index (κ1) is 13.6. The third-order valence-electron chi connectivity index (χ3n) is 3.96. The molecule has 114 valence electrons. The second-order valence-electron chi connectivity index (χ2n) is 5.47. The number of imidazole rings is 1. The fourth-order valence-electron chi connectivity index (χ4n) is 2.87. The summed E-state index contributed by atoms with van der Waals surface area (Å²) in [6.45, 7) is 0. The van der Waals surface area contributed by atoms with E-state index >= 15 is 0 Å². The fourth-order valence-corrected chi connectivity index (χ4v) is 2.87. The van der Waals surface area contributed by atoms with E-state index < -0.39 is 0 Å². The molecule has 2 N–H and O–H groups in total. The Morgan fingerprint density at radius 1 is 1.13 bits per heavy atom. The molecule has 5 heteroatoms. The number of fused-ring (bicyclic) bond motifs is 1. The van der Waals surface area contributed by atoms with Gasteiger partial charge < -0.3 is 14.7 Å². The molecule has 4 rings (SSSR count). The van der Waals surface area contributed by atoms with Crippen LogP contribution < -0.4 is 0 Å². The number of hydrogen-bond acceptors (Lipinski definition) is 2. The molecule has 0 bridgehead atoms. The predicted molar refractivity (Wildman–Crippen MR) is 87.6 cm³/mol. The molecule has 4 aromatic rings. The molecule has 2 heterocycles. The second-order valence-corrected chi connectivity index (χ2v) is 5.47. The van der Waals surface area contributed by atoms with Crippen LogP contribution >= 0.6 is 0 Å². The largest absolute Gasteiger partial charge is 0.508 e. The number of rotatable bonds is 2. The van der Waals surface area contributed by atoms with Crippen molar-refractivity contribution in [3.8, 4) is 28.4 Å². The monoisotopic (exact) mass is 307 g/mol. The van der Waals surface area contributed by atoms with Gasteiger partial charge in [-0.1, -0.05) is 12.1 Å². The normalized spacial score (nSPS) is 11.2. The third kappa shape index (κ3) is 2.17. The summed E-state index contributed by atoms with van der Waals surface area (Å²) in [5.41, 5.74) is 3.42. The van der Waals surface area contributed by atoms with E-state index in [4.69, 9.17) is 0 Å². The second kappa shape index (κ2) is 4.98. The van der Waals surface area contributed by atoms with Gasteiger partial charge in [0.05, 0.1) is 5.69 Å². The van der Waals surface area contributed by atoms with Gasteiger partial charge in [-0.3, -0.25) is 0 Å². The molecule has 0 atom stereocenters. The molecule has 0 radical (unpaired) electrons. The van der Waals surface area contributed by atoms with Crippen LogP contribution in [0.1, 0.15) is 0 Å². The number of nitrogens with zero attached hydrogens (tertiary/aromatic N) is 2. The molecule has 4 nitrogen and oxygen atoms in total. The first-order valence-corrected chi connectivity index (χ1v) is 7.22. The van der Waals surface area contributed by atoms with Gasteiger partial charge in [0, 0.05) is 35.9 Å². The Labute approximate surface area is 131 Å². The number of nitrogens with one attached hydrogen (secondary N) is 1. The van der Waals surface area contributed by atoms with Crippen molar-refractivity contribution in [1.29, 1.82) is 0 Å². The highest BCUT2D eigenvalue weighted by atomic mass is 19.1. The first-order chi connectivity index (χ1) is 11.1. The summed E-state index contributed by atoms with van der Waals surface area (Å²) in [6.07, 6.45) is 3.59. The van der Waals surface area contributed by atoms with E-state index in [1.807, 2.05) is 29.9 Å². The van der Waals surface area contributed by atoms with Crippen LogP contribution in [0, 0.1) is 5.82 Å². The molecule has 0 spiro atoms. The number of aromatic hydroxyl groups is 1. The van der Waals surface area contributed by atoms with Crippen LogP contribution in [0.25, 0.3) is 33.5 Å². The Kier molecular flexibility index (Phi) is 2.94. The summed E-state index contributed by atoms with van der Waals surface area (Å²) in [7, 11) is 1.91. The van der Waals surface area contributed by atoms with Gasteiger partial charge in [0.2, 0.25) is 0 Å². The minimum Gasteiger partial charge on any atom is -0.508 e. The van der Waals surface area contributed by atoms with E-state index in [9.17, 15) is 9.50 Å². The topological polar surface area (TPSA) is 53.8 Å². The van der Waals surface area contributed by atoms with Gasteiger partial charge >= 0.3 is 0 Å². The van der Waals surface area contributed by atoms with E-state index in [-0.39, 0.29) is 11.6 Å². The maximum absolute atomic E-state index is 13.8. The summed E-state index contributed by atoms with van der Waals surface area (Å²) in [6, 6.07) is 11.5. The van der Waals surface area contributed by atoms with Crippen molar-refractivity contribution in [2.75, 3.05) is 0 Å². The Bertz CT molecular complexity index is 999. The Morgan fingerprint density at radius 3 is 2.61 bits per heavy atom. The number of benzene rings is 2. The Balaban J connectivity index is 2.08. The summed E-state index contributed by atoms with van der Waals surface area (Å²) < 4.78 is 15.7. The number of phenols is 1. The average molecular weight is 307 g/mol. The van der Waals surface area contributed by atoms with E-state index in [0.717, 1.165) is 33.5 Å². The Morgan fingerprint density at radius 2 is 1.91 bits per heavy atom. The molecule has 0 aliphatic carbocycles. The maximum atomic E-state index is 13.8. The molecule has 0 fully saturated rings. The van der Waals surface area contributed by atoms with Crippen molar-refractivity contribution in [1.82, 2.24) is 14.5 Å². The van der Waals surface area contributed by atoms with Gasteiger partial charge in [-0.15, -0.1) is 0 Å². The minimum atomic E-state index is -0.289. The SMILES string of the molecule is Cn1ccnc1-c1[nH]c2ccc(F)cc2c1-c1ccc(O)cc1. The standard InChI is InChI=1S/C18H14FN3O/c1-22-9-8-20-18(22)17-16(11-2-5-13(23)6-3-11)14-10-12(19)4-7-15(14)21-17/h2-10,21,23H,1H3. The van der Waals surface area contributed by atoms with Gasteiger partial charge in [-0.25, -0.2) is 9.37 Å². The number of phenolic OH excluding ortho intramolecular Hbond substituents is 1. The Hall–Kier alpha value is -3.08. The van der Waals surface area contributed by atoms with Crippen LogP contribution in [0.2, 0.25) is 0 Å². The van der Waals surface area contributed by atoms with E-state index in [1.54, 1.807) is 24.4 Å². The smallest absolute Gasteiger partial charge is 0.156 e. The van der Waals surface area contributed by atoms with Gasteiger partial charge in [0.15, 0.2) is 5.82 Å². The van der Waals surface area contributed by atoms with Gasteiger partial charge in [-0.2, -0.15) is 0 Å². The summed E-state index contributed by atoms with van der Waals surface area (Å²) in [5, 5.41) is 10.3.